The molecular weight excluding hydrogens is 322 g/mol. The number of aliphatic carboxylic acids is 1. The van der Waals surface area contributed by atoms with Gasteiger partial charge in [-0.2, -0.15) is 0 Å². The first kappa shape index (κ1) is 19.8. The van der Waals surface area contributed by atoms with Crippen LogP contribution in [0.3, 0.4) is 0 Å². The highest BCUT2D eigenvalue weighted by molar-refractivity contribution is 7.80. The summed E-state index contributed by atoms with van der Waals surface area (Å²) in [6.45, 7) is 2.27. The second-order valence-corrected chi connectivity index (χ2v) is 5.38. The van der Waals surface area contributed by atoms with Gasteiger partial charge >= 0.3 is 5.97 Å². The number of nitrogens with zero attached hydrogens (tertiary/aromatic N) is 1. The SMILES string of the molecule is C\C=C/C(=C\C=C\CCCC(=O)O)OCC=Nc1ccccc1S. The molecule has 4 nitrogen and oxygen atoms in total. The summed E-state index contributed by atoms with van der Waals surface area (Å²) >= 11 is 4.34. The zero-order valence-electron chi connectivity index (χ0n) is 13.8. The van der Waals surface area contributed by atoms with E-state index in [1.54, 1.807) is 6.21 Å². The van der Waals surface area contributed by atoms with Crippen LogP contribution in [0.15, 0.2) is 70.3 Å². The molecule has 0 heterocycles. The maximum Gasteiger partial charge on any atom is 0.303 e. The van der Waals surface area contributed by atoms with Gasteiger partial charge in [0.25, 0.3) is 0 Å². The molecule has 0 saturated carbocycles. The van der Waals surface area contributed by atoms with E-state index in [1.807, 2.05) is 61.6 Å². The van der Waals surface area contributed by atoms with Crippen LogP contribution in [-0.4, -0.2) is 23.9 Å². The first-order chi connectivity index (χ1) is 11.6. The van der Waals surface area contributed by atoms with E-state index in [9.17, 15) is 4.79 Å². The molecule has 1 aromatic carbocycles. The predicted octanol–water partition coefficient (Wildman–Crippen LogP) is 4.97. The number of hydrogen-bond acceptors (Lipinski definition) is 4. The monoisotopic (exact) mass is 345 g/mol. The second-order valence-electron chi connectivity index (χ2n) is 4.89. The minimum Gasteiger partial charge on any atom is -0.488 e. The number of benzene rings is 1. The summed E-state index contributed by atoms with van der Waals surface area (Å²) in [4.78, 5) is 15.6. The summed E-state index contributed by atoms with van der Waals surface area (Å²) in [6, 6.07) is 7.60. The van der Waals surface area contributed by atoms with Crippen LogP contribution < -0.4 is 0 Å². The lowest BCUT2D eigenvalue weighted by Gasteiger charge is -2.03. The Bertz CT molecular complexity index is 633. The van der Waals surface area contributed by atoms with E-state index in [2.05, 4.69) is 17.6 Å². The van der Waals surface area contributed by atoms with Crippen molar-refractivity contribution in [3.05, 3.63) is 60.4 Å². The number of hydrogen-bond donors (Lipinski definition) is 2. The van der Waals surface area contributed by atoms with Gasteiger partial charge in [-0.05, 0) is 44.1 Å². The summed E-state index contributed by atoms with van der Waals surface area (Å²) in [7, 11) is 0. The van der Waals surface area contributed by atoms with Crippen molar-refractivity contribution in [2.24, 2.45) is 4.99 Å². The Morgan fingerprint density at radius 2 is 2.17 bits per heavy atom. The Kier molecular flexibility index (Phi) is 10.0. The first-order valence-corrected chi connectivity index (χ1v) is 8.23. The molecule has 128 valence electrons. The number of thiol groups is 1. The zero-order valence-corrected chi connectivity index (χ0v) is 14.7. The highest BCUT2D eigenvalue weighted by atomic mass is 32.1. The molecule has 0 aliphatic carbocycles. The molecule has 0 spiro atoms. The van der Waals surface area contributed by atoms with Crippen molar-refractivity contribution in [2.75, 3.05) is 6.61 Å². The van der Waals surface area contributed by atoms with Crippen molar-refractivity contribution >= 4 is 30.5 Å². The molecule has 0 unspecified atom stereocenters. The number of carbonyl (C=O) groups is 1. The Morgan fingerprint density at radius 3 is 2.88 bits per heavy atom. The Hall–Kier alpha value is -2.27. The van der Waals surface area contributed by atoms with Crippen molar-refractivity contribution < 1.29 is 14.6 Å². The molecule has 0 aromatic heterocycles. The van der Waals surface area contributed by atoms with Gasteiger partial charge in [0.05, 0.1) is 5.69 Å². The standard InChI is InChI=1S/C19H23NO3S/c1-2-9-16(10-5-3-4-6-13-19(21)22)23-15-14-20-17-11-7-8-12-18(17)24/h2-3,5,7-12,14,24H,4,6,13,15H2,1H3,(H,21,22)/b5-3+,9-2-,16-10+,20-14?. The molecule has 0 amide bonds. The minimum atomic E-state index is -0.765. The number of ether oxygens (including phenoxy) is 1. The Labute approximate surface area is 148 Å². The van der Waals surface area contributed by atoms with Gasteiger partial charge in [-0.15, -0.1) is 12.6 Å². The summed E-state index contributed by atoms with van der Waals surface area (Å²) < 4.78 is 5.64. The van der Waals surface area contributed by atoms with Crippen LogP contribution in [0.1, 0.15) is 26.2 Å². The van der Waals surface area contributed by atoms with Crippen LogP contribution in [0.5, 0.6) is 0 Å². The fourth-order valence-electron chi connectivity index (χ4n) is 1.79. The lowest BCUT2D eigenvalue weighted by Crippen LogP contribution is -1.94. The molecule has 0 aliphatic rings. The van der Waals surface area contributed by atoms with Crippen molar-refractivity contribution in [1.29, 1.82) is 0 Å². The number of allylic oxidation sites excluding steroid dienone is 5. The van der Waals surface area contributed by atoms with Crippen LogP contribution in [-0.2, 0) is 9.53 Å². The highest BCUT2D eigenvalue weighted by Crippen LogP contribution is 2.21. The summed E-state index contributed by atoms with van der Waals surface area (Å²) in [5, 5.41) is 8.57. The van der Waals surface area contributed by atoms with Crippen LogP contribution in [0, 0.1) is 0 Å². The lowest BCUT2D eigenvalue weighted by molar-refractivity contribution is -0.137. The van der Waals surface area contributed by atoms with Gasteiger partial charge in [-0.1, -0.05) is 30.4 Å². The number of rotatable bonds is 10. The zero-order chi connectivity index (χ0) is 17.6. The molecule has 0 saturated heterocycles. The summed E-state index contributed by atoms with van der Waals surface area (Å²) in [5.41, 5.74) is 0.805. The molecule has 0 radical (unpaired) electrons. The van der Waals surface area contributed by atoms with Gasteiger partial charge in [-0.3, -0.25) is 9.79 Å². The summed E-state index contributed by atoms with van der Waals surface area (Å²) in [5.74, 6) is -0.0449. The number of unbranched alkanes of at least 4 members (excludes halogenated alkanes) is 1. The van der Waals surface area contributed by atoms with Crippen LogP contribution in [0.2, 0.25) is 0 Å². The molecule has 1 N–H and O–H groups in total. The third kappa shape index (κ3) is 9.00. The van der Waals surface area contributed by atoms with Crippen molar-refractivity contribution in [2.45, 2.75) is 31.1 Å². The molecule has 0 fully saturated rings. The van der Waals surface area contributed by atoms with Gasteiger partial charge in [0, 0.05) is 17.5 Å². The molecule has 0 atom stereocenters. The van der Waals surface area contributed by atoms with Gasteiger partial charge in [-0.25, -0.2) is 0 Å². The van der Waals surface area contributed by atoms with Gasteiger partial charge in [0.1, 0.15) is 12.4 Å². The maximum absolute atomic E-state index is 10.4. The number of carboxylic acid groups (broad SMARTS) is 1. The van der Waals surface area contributed by atoms with E-state index in [-0.39, 0.29) is 6.42 Å². The van der Waals surface area contributed by atoms with E-state index < -0.39 is 5.97 Å². The molecule has 1 rings (SSSR count). The second kappa shape index (κ2) is 12.2. The van der Waals surface area contributed by atoms with E-state index in [0.717, 1.165) is 22.8 Å². The van der Waals surface area contributed by atoms with Crippen LogP contribution in [0.25, 0.3) is 0 Å². The van der Waals surface area contributed by atoms with Crippen molar-refractivity contribution in [3.8, 4) is 0 Å². The van der Waals surface area contributed by atoms with E-state index in [1.165, 1.54) is 0 Å². The van der Waals surface area contributed by atoms with E-state index in [4.69, 9.17) is 9.84 Å². The maximum atomic E-state index is 10.4. The van der Waals surface area contributed by atoms with E-state index in [0.29, 0.717) is 13.0 Å². The normalized spacial score (nSPS) is 12.5. The van der Waals surface area contributed by atoms with Gasteiger partial charge in [0.2, 0.25) is 0 Å². The Morgan fingerprint density at radius 1 is 1.38 bits per heavy atom. The topological polar surface area (TPSA) is 58.9 Å². The molecule has 1 aromatic rings. The third-order valence-corrected chi connectivity index (χ3v) is 3.30. The molecule has 0 bridgehead atoms. The molecular formula is C19H23NO3S. The smallest absolute Gasteiger partial charge is 0.303 e. The van der Waals surface area contributed by atoms with Gasteiger partial charge in [0.15, 0.2) is 0 Å². The fraction of sp³-hybridized carbons (Fsp3) is 0.263. The van der Waals surface area contributed by atoms with Gasteiger partial charge < -0.3 is 9.84 Å². The van der Waals surface area contributed by atoms with E-state index >= 15 is 0 Å². The number of aliphatic imine (C=N–C) groups is 1. The van der Waals surface area contributed by atoms with Crippen LogP contribution in [0.4, 0.5) is 5.69 Å². The summed E-state index contributed by atoms with van der Waals surface area (Å²) in [6.07, 6.45) is 12.7. The number of para-hydroxylation sites is 1. The van der Waals surface area contributed by atoms with Crippen LogP contribution >= 0.6 is 12.6 Å². The molecule has 0 aliphatic heterocycles. The number of carboxylic acids is 1. The molecule has 24 heavy (non-hydrogen) atoms. The Balaban J connectivity index is 2.45. The lowest BCUT2D eigenvalue weighted by atomic mass is 10.2. The quantitative estimate of drug-likeness (QED) is 0.207. The highest BCUT2D eigenvalue weighted by Gasteiger charge is 1.95. The van der Waals surface area contributed by atoms with Crippen molar-refractivity contribution in [3.63, 3.8) is 0 Å². The molecule has 5 heteroatoms. The first-order valence-electron chi connectivity index (χ1n) is 7.78. The predicted molar refractivity (Wildman–Crippen MR) is 101 cm³/mol. The van der Waals surface area contributed by atoms with Crippen molar-refractivity contribution in [1.82, 2.24) is 0 Å². The average molecular weight is 345 g/mol. The largest absolute Gasteiger partial charge is 0.488 e. The minimum absolute atomic E-state index is 0.190. The fourth-order valence-corrected chi connectivity index (χ4v) is 2.01. The third-order valence-electron chi connectivity index (χ3n) is 2.93. The average Bonchev–Trinajstić information content (AvgIpc) is 2.55.